The molecule has 0 saturated heterocycles. The summed E-state index contributed by atoms with van der Waals surface area (Å²) in [6, 6.07) is 94.6. The van der Waals surface area contributed by atoms with Crippen LogP contribution < -0.4 is 4.90 Å². The van der Waals surface area contributed by atoms with Gasteiger partial charge in [0.05, 0.1) is 16.8 Å². The Labute approximate surface area is 503 Å². The van der Waals surface area contributed by atoms with Crippen LogP contribution in [0.15, 0.2) is 273 Å². The quantitative estimate of drug-likeness (QED) is 0.147. The SMILES string of the molecule is CC(C)(C)c1ccc2c(c1)C1(c3cc(C(C)(C)C)ccc3-2)c2c(-c3ccc(N(c4ccccc4-c4ccccc4-c4ccccc4-c4ccccc4)c4ccccc4-c4cccc5c4-c4ccccc4C5(C)C)cc3)cccc2C2C=CC=CC21. The van der Waals surface area contributed by atoms with Crippen molar-refractivity contribution in [3.63, 3.8) is 0 Å². The predicted octanol–water partition coefficient (Wildman–Crippen LogP) is 22.5. The first-order chi connectivity index (χ1) is 41.2. The van der Waals surface area contributed by atoms with E-state index in [1.54, 1.807) is 0 Å². The van der Waals surface area contributed by atoms with E-state index in [0.717, 1.165) is 22.6 Å². The fourth-order valence-electron chi connectivity index (χ4n) is 15.4. The van der Waals surface area contributed by atoms with Gasteiger partial charge in [0, 0.05) is 34.1 Å². The van der Waals surface area contributed by atoms with Crippen LogP contribution in [0.25, 0.3) is 77.9 Å². The summed E-state index contributed by atoms with van der Waals surface area (Å²) in [7, 11) is 0. The van der Waals surface area contributed by atoms with Gasteiger partial charge < -0.3 is 4.90 Å². The van der Waals surface area contributed by atoms with Crippen LogP contribution in [0.4, 0.5) is 17.1 Å². The lowest BCUT2D eigenvalue weighted by Gasteiger charge is -2.38. The van der Waals surface area contributed by atoms with Crippen LogP contribution in [0.2, 0.25) is 0 Å². The first-order valence-corrected chi connectivity index (χ1v) is 30.6. The van der Waals surface area contributed by atoms with Gasteiger partial charge in [0.2, 0.25) is 0 Å². The Morgan fingerprint density at radius 1 is 0.341 bits per heavy atom. The van der Waals surface area contributed by atoms with E-state index < -0.39 is 5.41 Å². The molecule has 0 radical (unpaired) electrons. The number of hydrogen-bond acceptors (Lipinski definition) is 1. The van der Waals surface area contributed by atoms with Crippen molar-refractivity contribution in [3.05, 3.63) is 318 Å². The number of para-hydroxylation sites is 2. The van der Waals surface area contributed by atoms with Gasteiger partial charge in [0.1, 0.15) is 0 Å². The highest BCUT2D eigenvalue weighted by atomic mass is 15.1. The Hall–Kier alpha value is -9.30. The fraction of sp³-hybridized carbons (Fsp3) is 0.167. The van der Waals surface area contributed by atoms with Crippen LogP contribution >= 0.6 is 0 Å². The Morgan fingerprint density at radius 2 is 0.800 bits per heavy atom. The summed E-state index contributed by atoms with van der Waals surface area (Å²) in [5, 5.41) is 0. The van der Waals surface area contributed by atoms with Crippen molar-refractivity contribution in [2.24, 2.45) is 5.92 Å². The van der Waals surface area contributed by atoms with Gasteiger partial charge in [0.25, 0.3) is 0 Å². The molecule has 11 aromatic rings. The molecule has 0 heterocycles. The summed E-state index contributed by atoms with van der Waals surface area (Å²) < 4.78 is 0. The van der Waals surface area contributed by atoms with E-state index in [-0.39, 0.29) is 28.1 Å². The van der Waals surface area contributed by atoms with Crippen molar-refractivity contribution in [2.75, 3.05) is 4.90 Å². The number of nitrogens with zero attached hydrogens (tertiary/aromatic N) is 1. The molecule has 2 unspecified atom stereocenters. The Kier molecular flexibility index (Phi) is 12.1. The maximum absolute atomic E-state index is 2.59. The first kappa shape index (κ1) is 52.5. The minimum Gasteiger partial charge on any atom is -0.309 e. The van der Waals surface area contributed by atoms with Gasteiger partial charge in [-0.15, -0.1) is 0 Å². The van der Waals surface area contributed by atoms with E-state index >= 15 is 0 Å². The lowest BCUT2D eigenvalue weighted by Crippen LogP contribution is -2.34. The molecule has 0 N–H and O–H groups in total. The molecule has 0 saturated carbocycles. The standard InChI is InChI=1S/C84H71N/c1-81(2,3)56-46-50-65-66-51-47-57(82(4,5)6)53-76(66)84(75(65)52-56)73-40-21-16-32-64(73)70-38-24-36-60(80(70)84)55-44-48-58(49-45-55)85(78-43-23-19-34-68(78)69-37-25-41-74-79(69)71-35-17-20-39-72(71)83(74,7)8)77-42-22-18-33-67(77)63-31-15-14-30-62(63)61-29-13-12-28-59(61)54-26-10-9-11-27-54/h9-53,64,73H,1-8H3. The van der Waals surface area contributed by atoms with E-state index in [0.29, 0.717) is 0 Å². The second-order valence-electron chi connectivity index (χ2n) is 26.7. The lowest BCUT2D eigenvalue weighted by molar-refractivity contribution is 0.463. The highest BCUT2D eigenvalue weighted by Crippen LogP contribution is 2.68. The lowest BCUT2D eigenvalue weighted by atomic mass is 9.63. The molecule has 85 heavy (non-hydrogen) atoms. The molecule has 0 aliphatic heterocycles. The van der Waals surface area contributed by atoms with Gasteiger partial charge in [-0.25, -0.2) is 0 Å². The third-order valence-electron chi connectivity index (χ3n) is 19.5. The van der Waals surface area contributed by atoms with Gasteiger partial charge in [-0.05, 0) is 146 Å². The predicted molar refractivity (Wildman–Crippen MR) is 360 cm³/mol. The van der Waals surface area contributed by atoms with Crippen LogP contribution in [0.5, 0.6) is 0 Å². The highest BCUT2D eigenvalue weighted by molar-refractivity contribution is 6.02. The second-order valence-corrected chi connectivity index (χ2v) is 26.7. The van der Waals surface area contributed by atoms with E-state index in [2.05, 4.69) is 333 Å². The van der Waals surface area contributed by atoms with Gasteiger partial charge in [0.15, 0.2) is 0 Å². The molecule has 0 fully saturated rings. The zero-order chi connectivity index (χ0) is 58.0. The maximum Gasteiger partial charge on any atom is 0.0544 e. The maximum atomic E-state index is 2.59. The van der Waals surface area contributed by atoms with Gasteiger partial charge in [-0.2, -0.15) is 0 Å². The van der Waals surface area contributed by atoms with Crippen molar-refractivity contribution < 1.29 is 0 Å². The largest absolute Gasteiger partial charge is 0.309 e. The van der Waals surface area contributed by atoms with Crippen molar-refractivity contribution >= 4 is 17.1 Å². The molecule has 4 aliphatic carbocycles. The second kappa shape index (κ2) is 19.6. The first-order valence-electron chi connectivity index (χ1n) is 30.6. The smallest absolute Gasteiger partial charge is 0.0544 e. The van der Waals surface area contributed by atoms with E-state index in [9.17, 15) is 0 Å². The van der Waals surface area contributed by atoms with Gasteiger partial charge in [-0.1, -0.05) is 304 Å². The van der Waals surface area contributed by atoms with Gasteiger partial charge in [-0.3, -0.25) is 0 Å². The molecule has 4 aliphatic rings. The summed E-state index contributed by atoms with van der Waals surface area (Å²) in [5.41, 5.74) is 31.3. The minimum atomic E-state index is -0.427. The zero-order valence-corrected chi connectivity index (χ0v) is 50.1. The number of rotatable bonds is 8. The van der Waals surface area contributed by atoms with Crippen molar-refractivity contribution in [3.8, 4) is 77.9 Å². The van der Waals surface area contributed by atoms with Crippen LogP contribution in [-0.4, -0.2) is 0 Å². The molecule has 0 aromatic heterocycles. The van der Waals surface area contributed by atoms with E-state index in [4.69, 9.17) is 0 Å². The third kappa shape index (κ3) is 8.11. The summed E-state index contributed by atoms with van der Waals surface area (Å²) in [4.78, 5) is 2.55. The zero-order valence-electron chi connectivity index (χ0n) is 50.1. The minimum absolute atomic E-state index is 0.0282. The number of hydrogen-bond donors (Lipinski definition) is 0. The van der Waals surface area contributed by atoms with Crippen LogP contribution in [0, 0.1) is 5.92 Å². The van der Waals surface area contributed by atoms with E-state index in [1.165, 1.54) is 117 Å². The monoisotopic (exact) mass is 1090 g/mol. The highest BCUT2D eigenvalue weighted by Gasteiger charge is 2.58. The average molecular weight is 1090 g/mol. The molecule has 1 spiro atoms. The molecule has 1 nitrogen and oxygen atoms in total. The fourth-order valence-corrected chi connectivity index (χ4v) is 15.4. The number of allylic oxidation sites excluding steroid dienone is 4. The summed E-state index contributed by atoms with van der Waals surface area (Å²) in [5.74, 6) is 0.416. The van der Waals surface area contributed by atoms with E-state index in [1.807, 2.05) is 0 Å². The Bertz CT molecular complexity index is 4470. The summed E-state index contributed by atoms with van der Waals surface area (Å²) >= 11 is 0. The van der Waals surface area contributed by atoms with Gasteiger partial charge >= 0.3 is 0 Å². The van der Waals surface area contributed by atoms with Crippen LogP contribution in [0.3, 0.4) is 0 Å². The molecule has 15 rings (SSSR count). The number of fused-ring (bicyclic) bond motifs is 13. The number of anilines is 3. The molecule has 0 amide bonds. The normalized spacial score (nSPS) is 16.3. The molecule has 1 heteroatoms. The number of benzene rings is 11. The molecule has 0 bridgehead atoms. The topological polar surface area (TPSA) is 3.24 Å². The van der Waals surface area contributed by atoms with Crippen LogP contribution in [-0.2, 0) is 21.7 Å². The molecular formula is C84H71N. The molecule has 412 valence electrons. The molecular weight excluding hydrogens is 1020 g/mol. The Balaban J connectivity index is 0.957. The van der Waals surface area contributed by atoms with Crippen molar-refractivity contribution in [1.29, 1.82) is 0 Å². The van der Waals surface area contributed by atoms with Crippen molar-refractivity contribution in [2.45, 2.75) is 83.0 Å². The summed E-state index contributed by atoms with van der Waals surface area (Å²) in [6.45, 7) is 18.9. The summed E-state index contributed by atoms with van der Waals surface area (Å²) in [6.07, 6.45) is 9.62. The van der Waals surface area contributed by atoms with Crippen molar-refractivity contribution in [1.82, 2.24) is 0 Å². The Morgan fingerprint density at radius 3 is 1.42 bits per heavy atom. The third-order valence-corrected chi connectivity index (χ3v) is 19.5. The molecule has 2 atom stereocenters. The average Bonchev–Trinajstić information content (AvgIpc) is 1.65. The van der Waals surface area contributed by atoms with Crippen LogP contribution in [0.1, 0.15) is 106 Å². The molecule has 11 aromatic carbocycles.